The second kappa shape index (κ2) is 4.71. The molecule has 0 fully saturated rings. The van der Waals surface area contributed by atoms with Crippen LogP contribution in [0.2, 0.25) is 0 Å². The van der Waals surface area contributed by atoms with Crippen molar-refractivity contribution >= 4 is 11.0 Å². The number of aromatic nitrogens is 2. The van der Waals surface area contributed by atoms with Crippen molar-refractivity contribution in [3.63, 3.8) is 0 Å². The van der Waals surface area contributed by atoms with Crippen LogP contribution in [0.25, 0.3) is 11.0 Å². The Hall–Kier alpha value is -2.23. The van der Waals surface area contributed by atoms with E-state index < -0.39 is 11.6 Å². The van der Waals surface area contributed by atoms with Gasteiger partial charge in [0, 0.05) is 5.56 Å². The zero-order chi connectivity index (χ0) is 14.3. The van der Waals surface area contributed by atoms with Crippen molar-refractivity contribution in [2.24, 2.45) is 0 Å². The summed E-state index contributed by atoms with van der Waals surface area (Å²) in [4.78, 5) is 4.32. The van der Waals surface area contributed by atoms with Gasteiger partial charge in [-0.25, -0.2) is 13.8 Å². The molecule has 2 nitrogen and oxygen atoms in total. The van der Waals surface area contributed by atoms with Gasteiger partial charge in [-0.15, -0.1) is 0 Å². The number of imidazole rings is 1. The third-order valence-corrected chi connectivity index (χ3v) is 3.58. The summed E-state index contributed by atoms with van der Waals surface area (Å²) in [7, 11) is 0. The molecular weight excluding hydrogens is 258 g/mol. The monoisotopic (exact) mass is 272 g/mol. The SMILES string of the molecule is Cc1cc2ncn(Cc3cc(F)ccc3F)c2cc1C. The van der Waals surface area contributed by atoms with E-state index in [9.17, 15) is 8.78 Å². The van der Waals surface area contributed by atoms with Gasteiger partial charge in [0.05, 0.1) is 23.9 Å². The quantitative estimate of drug-likeness (QED) is 0.690. The fraction of sp³-hybridized carbons (Fsp3) is 0.188. The van der Waals surface area contributed by atoms with E-state index in [1.807, 2.05) is 30.5 Å². The molecule has 0 spiro atoms. The number of hydrogen-bond acceptors (Lipinski definition) is 1. The Balaban J connectivity index is 2.07. The lowest BCUT2D eigenvalue weighted by Gasteiger charge is -2.07. The molecule has 0 saturated carbocycles. The Morgan fingerprint density at radius 2 is 1.80 bits per heavy atom. The number of aryl methyl sites for hydroxylation is 2. The lowest BCUT2D eigenvalue weighted by Crippen LogP contribution is -2.01. The highest BCUT2D eigenvalue weighted by atomic mass is 19.1. The van der Waals surface area contributed by atoms with Gasteiger partial charge in [0.25, 0.3) is 0 Å². The Morgan fingerprint density at radius 3 is 2.60 bits per heavy atom. The first-order valence-electron chi connectivity index (χ1n) is 6.40. The molecule has 0 N–H and O–H groups in total. The zero-order valence-corrected chi connectivity index (χ0v) is 11.3. The van der Waals surface area contributed by atoms with Crippen LogP contribution < -0.4 is 0 Å². The molecular formula is C16H14F2N2. The maximum atomic E-state index is 13.7. The van der Waals surface area contributed by atoms with E-state index in [2.05, 4.69) is 4.98 Å². The van der Waals surface area contributed by atoms with Crippen molar-refractivity contribution in [2.75, 3.05) is 0 Å². The number of fused-ring (bicyclic) bond motifs is 1. The van der Waals surface area contributed by atoms with Crippen LogP contribution in [0.4, 0.5) is 8.78 Å². The molecule has 0 radical (unpaired) electrons. The average Bonchev–Trinajstić information content (AvgIpc) is 2.77. The van der Waals surface area contributed by atoms with Crippen LogP contribution in [0.1, 0.15) is 16.7 Å². The fourth-order valence-corrected chi connectivity index (χ4v) is 2.29. The highest BCUT2D eigenvalue weighted by Crippen LogP contribution is 2.20. The maximum Gasteiger partial charge on any atom is 0.128 e. The first kappa shape index (κ1) is 12.8. The molecule has 102 valence electrons. The summed E-state index contributed by atoms with van der Waals surface area (Å²) in [6.07, 6.45) is 1.66. The summed E-state index contributed by atoms with van der Waals surface area (Å²) in [5.41, 5.74) is 4.43. The van der Waals surface area contributed by atoms with Gasteiger partial charge in [0.1, 0.15) is 11.6 Å². The third kappa shape index (κ3) is 2.18. The van der Waals surface area contributed by atoms with Crippen LogP contribution >= 0.6 is 0 Å². The second-order valence-corrected chi connectivity index (χ2v) is 5.03. The second-order valence-electron chi connectivity index (χ2n) is 5.03. The molecule has 1 aromatic heterocycles. The molecule has 0 saturated heterocycles. The van der Waals surface area contributed by atoms with Crippen molar-refractivity contribution in [1.82, 2.24) is 9.55 Å². The van der Waals surface area contributed by atoms with Gasteiger partial charge >= 0.3 is 0 Å². The van der Waals surface area contributed by atoms with Gasteiger partial charge < -0.3 is 4.57 Å². The zero-order valence-electron chi connectivity index (χ0n) is 11.3. The lowest BCUT2D eigenvalue weighted by atomic mass is 10.1. The van der Waals surface area contributed by atoms with Crippen LogP contribution in [0.15, 0.2) is 36.7 Å². The van der Waals surface area contributed by atoms with Gasteiger partial charge in [-0.05, 0) is 55.3 Å². The van der Waals surface area contributed by atoms with E-state index in [1.165, 1.54) is 11.6 Å². The molecule has 1 heterocycles. The van der Waals surface area contributed by atoms with E-state index >= 15 is 0 Å². The number of benzene rings is 2. The molecule has 3 rings (SSSR count). The minimum atomic E-state index is -0.433. The predicted octanol–water partition coefficient (Wildman–Crippen LogP) is 3.98. The molecule has 3 aromatic rings. The summed E-state index contributed by atoms with van der Waals surface area (Å²) >= 11 is 0. The lowest BCUT2D eigenvalue weighted by molar-refractivity contribution is 0.578. The third-order valence-electron chi connectivity index (χ3n) is 3.58. The van der Waals surface area contributed by atoms with Crippen LogP contribution in [0.3, 0.4) is 0 Å². The number of rotatable bonds is 2. The molecule has 2 aromatic carbocycles. The van der Waals surface area contributed by atoms with Crippen molar-refractivity contribution in [1.29, 1.82) is 0 Å². The topological polar surface area (TPSA) is 17.8 Å². The van der Waals surface area contributed by atoms with Crippen molar-refractivity contribution in [2.45, 2.75) is 20.4 Å². The molecule has 0 aliphatic heterocycles. The molecule has 0 aliphatic rings. The average molecular weight is 272 g/mol. The summed E-state index contributed by atoms with van der Waals surface area (Å²) in [5.74, 6) is -0.838. The smallest absolute Gasteiger partial charge is 0.128 e. The molecule has 20 heavy (non-hydrogen) atoms. The van der Waals surface area contributed by atoms with Gasteiger partial charge in [-0.3, -0.25) is 0 Å². The van der Waals surface area contributed by atoms with Crippen LogP contribution in [0.5, 0.6) is 0 Å². The van der Waals surface area contributed by atoms with Crippen LogP contribution in [-0.4, -0.2) is 9.55 Å². The van der Waals surface area contributed by atoms with E-state index in [-0.39, 0.29) is 6.54 Å². The Bertz CT molecular complexity index is 791. The Morgan fingerprint density at radius 1 is 1.05 bits per heavy atom. The number of hydrogen-bond donors (Lipinski definition) is 0. The van der Waals surface area contributed by atoms with Crippen LogP contribution in [0, 0.1) is 25.5 Å². The Labute approximate surface area is 115 Å². The molecule has 0 unspecified atom stereocenters. The highest BCUT2D eigenvalue weighted by molar-refractivity contribution is 5.77. The number of nitrogens with zero attached hydrogens (tertiary/aromatic N) is 2. The summed E-state index contributed by atoms with van der Waals surface area (Å²) < 4.78 is 28.8. The van der Waals surface area contributed by atoms with Gasteiger partial charge in [0.2, 0.25) is 0 Å². The summed E-state index contributed by atoms with van der Waals surface area (Å²) in [5, 5.41) is 0. The van der Waals surface area contributed by atoms with Crippen molar-refractivity contribution < 1.29 is 8.78 Å². The Kier molecular flexibility index (Phi) is 3.01. The molecule has 4 heteroatoms. The highest BCUT2D eigenvalue weighted by Gasteiger charge is 2.09. The molecule has 0 amide bonds. The number of halogens is 2. The van der Waals surface area contributed by atoms with Gasteiger partial charge in [-0.1, -0.05) is 0 Å². The standard InChI is InChI=1S/C16H14F2N2/c1-10-5-15-16(6-11(10)2)20(9-19-15)8-12-7-13(17)3-4-14(12)18/h3-7,9H,8H2,1-2H3. The minimum Gasteiger partial charge on any atom is -0.326 e. The largest absolute Gasteiger partial charge is 0.326 e. The summed E-state index contributed by atoms with van der Waals surface area (Å²) in [6.45, 7) is 4.32. The predicted molar refractivity (Wildman–Crippen MR) is 74.7 cm³/mol. The van der Waals surface area contributed by atoms with Crippen molar-refractivity contribution in [3.8, 4) is 0 Å². The van der Waals surface area contributed by atoms with Gasteiger partial charge in [0.15, 0.2) is 0 Å². The molecule has 0 bridgehead atoms. The first-order valence-corrected chi connectivity index (χ1v) is 6.40. The van der Waals surface area contributed by atoms with E-state index in [0.717, 1.165) is 28.7 Å². The van der Waals surface area contributed by atoms with E-state index in [1.54, 1.807) is 6.33 Å². The first-order chi connectivity index (χ1) is 9.54. The molecule has 0 aliphatic carbocycles. The normalized spacial score (nSPS) is 11.2. The van der Waals surface area contributed by atoms with Crippen LogP contribution in [-0.2, 0) is 6.54 Å². The minimum absolute atomic E-state index is 0.266. The summed E-state index contributed by atoms with van der Waals surface area (Å²) in [6, 6.07) is 7.53. The fourth-order valence-electron chi connectivity index (χ4n) is 2.29. The molecule has 0 atom stereocenters. The maximum absolute atomic E-state index is 13.7. The van der Waals surface area contributed by atoms with Gasteiger partial charge in [-0.2, -0.15) is 0 Å². The van der Waals surface area contributed by atoms with E-state index in [0.29, 0.717) is 5.56 Å². The van der Waals surface area contributed by atoms with E-state index in [4.69, 9.17) is 0 Å². The van der Waals surface area contributed by atoms with Crippen molar-refractivity contribution in [3.05, 3.63) is 65.0 Å².